The van der Waals surface area contributed by atoms with Crippen molar-refractivity contribution < 1.29 is 18.4 Å². The van der Waals surface area contributed by atoms with Crippen LogP contribution in [0.15, 0.2) is 66.7 Å². The van der Waals surface area contributed by atoms with Crippen molar-refractivity contribution in [3.8, 4) is 17.2 Å². The number of benzene rings is 3. The van der Waals surface area contributed by atoms with Crippen LogP contribution < -0.4 is 5.32 Å². The molecule has 0 aromatic heterocycles. The molecule has 156 valence electrons. The van der Waals surface area contributed by atoms with E-state index in [2.05, 4.69) is 11.4 Å². The molecule has 0 aliphatic rings. The van der Waals surface area contributed by atoms with E-state index in [0.717, 1.165) is 28.8 Å². The molecule has 3 aromatic rings. The molecule has 3 aromatic carbocycles. The van der Waals surface area contributed by atoms with Crippen molar-refractivity contribution in [2.24, 2.45) is 0 Å². The lowest BCUT2D eigenvalue weighted by molar-refractivity contribution is -0.119. The van der Waals surface area contributed by atoms with Gasteiger partial charge in [-0.25, -0.2) is 8.78 Å². The van der Waals surface area contributed by atoms with Crippen LogP contribution in [0.3, 0.4) is 0 Å². The summed E-state index contributed by atoms with van der Waals surface area (Å²) in [5.74, 6) is -2.72. The number of carbonyl (C=O) groups excluding carboxylic acids is 2. The van der Waals surface area contributed by atoms with Gasteiger partial charge in [-0.2, -0.15) is 5.26 Å². The normalized spacial score (nSPS) is 11.4. The van der Waals surface area contributed by atoms with E-state index in [-0.39, 0.29) is 18.7 Å². The van der Waals surface area contributed by atoms with Crippen LogP contribution >= 0.6 is 0 Å². The molecule has 6 heteroatoms. The predicted molar refractivity (Wildman–Crippen MR) is 113 cm³/mol. The number of ketones is 1. The monoisotopic (exact) mass is 418 g/mol. The van der Waals surface area contributed by atoms with E-state index in [1.807, 2.05) is 36.4 Å². The molecule has 0 aliphatic heterocycles. The van der Waals surface area contributed by atoms with Crippen molar-refractivity contribution in [3.63, 3.8) is 0 Å². The van der Waals surface area contributed by atoms with Gasteiger partial charge in [0.2, 0.25) is 5.91 Å². The average molecular weight is 418 g/mol. The Morgan fingerprint density at radius 1 is 0.935 bits per heavy atom. The van der Waals surface area contributed by atoms with E-state index in [1.165, 1.54) is 13.0 Å². The van der Waals surface area contributed by atoms with Crippen LogP contribution in [-0.2, 0) is 4.79 Å². The number of carbonyl (C=O) groups is 2. The summed E-state index contributed by atoms with van der Waals surface area (Å²) in [6, 6.07) is 19.5. The van der Waals surface area contributed by atoms with Gasteiger partial charge >= 0.3 is 0 Å². The zero-order valence-corrected chi connectivity index (χ0v) is 16.9. The van der Waals surface area contributed by atoms with Crippen LogP contribution in [0.2, 0.25) is 0 Å². The van der Waals surface area contributed by atoms with Crippen molar-refractivity contribution in [3.05, 3.63) is 95.1 Å². The van der Waals surface area contributed by atoms with Gasteiger partial charge in [-0.15, -0.1) is 0 Å². The van der Waals surface area contributed by atoms with Gasteiger partial charge < -0.3 is 5.32 Å². The van der Waals surface area contributed by atoms with Crippen molar-refractivity contribution in [2.75, 3.05) is 0 Å². The summed E-state index contributed by atoms with van der Waals surface area (Å²) in [6.45, 7) is 1.37. The quantitative estimate of drug-likeness (QED) is 0.526. The number of nitriles is 1. The molecule has 1 N–H and O–H groups in total. The maximum atomic E-state index is 13.9. The number of Topliss-reactive ketones (excluding diaryl/α,β-unsaturated/α-hetero) is 1. The number of halogens is 2. The Kier molecular flexibility index (Phi) is 6.88. The van der Waals surface area contributed by atoms with Gasteiger partial charge in [0.1, 0.15) is 11.6 Å². The summed E-state index contributed by atoms with van der Waals surface area (Å²) in [4.78, 5) is 24.0. The number of hydrogen-bond donors (Lipinski definition) is 1. The Hall–Kier alpha value is -3.85. The zero-order chi connectivity index (χ0) is 22.4. The Morgan fingerprint density at radius 3 is 2.00 bits per heavy atom. The molecule has 0 aliphatic carbocycles. The molecule has 0 fully saturated rings. The molecule has 0 heterocycles. The molecule has 1 amide bonds. The van der Waals surface area contributed by atoms with Gasteiger partial charge in [0.15, 0.2) is 5.78 Å². The molecule has 31 heavy (non-hydrogen) atoms. The van der Waals surface area contributed by atoms with Gasteiger partial charge in [0.25, 0.3) is 0 Å². The van der Waals surface area contributed by atoms with Gasteiger partial charge in [0.05, 0.1) is 23.2 Å². The lowest BCUT2D eigenvalue weighted by Crippen LogP contribution is -2.26. The first-order valence-corrected chi connectivity index (χ1v) is 9.74. The maximum Gasteiger partial charge on any atom is 0.217 e. The second kappa shape index (κ2) is 9.77. The number of rotatable bonds is 7. The highest BCUT2D eigenvalue weighted by Gasteiger charge is 2.20. The second-order valence-electron chi connectivity index (χ2n) is 7.12. The van der Waals surface area contributed by atoms with Crippen molar-refractivity contribution in [1.82, 2.24) is 5.32 Å². The fourth-order valence-electron chi connectivity index (χ4n) is 3.38. The van der Waals surface area contributed by atoms with Crippen LogP contribution in [0.1, 0.15) is 47.3 Å². The first-order valence-electron chi connectivity index (χ1n) is 9.74. The highest BCUT2D eigenvalue weighted by molar-refractivity contribution is 5.96. The molecule has 0 saturated carbocycles. The summed E-state index contributed by atoms with van der Waals surface area (Å²) in [5.41, 5.74) is 2.66. The van der Waals surface area contributed by atoms with E-state index in [0.29, 0.717) is 5.56 Å². The Labute approximate surface area is 179 Å². The standard InChI is InChI=1S/C25H20F2N2O2/c1-16(30)29-23(13-14-24(31)25-21(26)3-2-4-22(25)27)20-11-9-19(10-12-20)18-7-5-17(15-28)6-8-18/h2-12,23H,13-14H2,1H3,(H,29,30). The molecule has 1 atom stereocenters. The molecule has 0 spiro atoms. The van der Waals surface area contributed by atoms with E-state index in [4.69, 9.17) is 5.26 Å². The number of nitrogens with zero attached hydrogens (tertiary/aromatic N) is 1. The molecule has 1 unspecified atom stereocenters. The van der Waals surface area contributed by atoms with Crippen LogP contribution in [-0.4, -0.2) is 11.7 Å². The SMILES string of the molecule is CC(=O)NC(CCC(=O)c1c(F)cccc1F)c1ccc(-c2ccc(C#N)cc2)cc1. The summed E-state index contributed by atoms with van der Waals surface area (Å²) in [5, 5.41) is 11.7. The number of amides is 1. The largest absolute Gasteiger partial charge is 0.350 e. The third-order valence-electron chi connectivity index (χ3n) is 4.94. The van der Waals surface area contributed by atoms with Crippen LogP contribution in [0.25, 0.3) is 11.1 Å². The highest BCUT2D eigenvalue weighted by atomic mass is 19.1. The van der Waals surface area contributed by atoms with Crippen LogP contribution in [0.5, 0.6) is 0 Å². The average Bonchev–Trinajstić information content (AvgIpc) is 2.76. The summed E-state index contributed by atoms with van der Waals surface area (Å²) in [7, 11) is 0. The maximum absolute atomic E-state index is 13.9. The first-order chi connectivity index (χ1) is 14.9. The second-order valence-corrected chi connectivity index (χ2v) is 7.12. The molecular formula is C25H20F2N2O2. The number of hydrogen-bond acceptors (Lipinski definition) is 3. The van der Waals surface area contributed by atoms with Crippen molar-refractivity contribution in [1.29, 1.82) is 5.26 Å². The fourth-order valence-corrected chi connectivity index (χ4v) is 3.38. The first kappa shape index (κ1) is 21.8. The molecular weight excluding hydrogens is 398 g/mol. The van der Waals surface area contributed by atoms with E-state index in [9.17, 15) is 18.4 Å². The molecule has 0 saturated heterocycles. The van der Waals surface area contributed by atoms with Gasteiger partial charge in [-0.05, 0) is 47.4 Å². The van der Waals surface area contributed by atoms with Gasteiger partial charge in [-0.3, -0.25) is 9.59 Å². The summed E-state index contributed by atoms with van der Waals surface area (Å²) < 4.78 is 27.7. The van der Waals surface area contributed by atoms with Crippen LogP contribution in [0, 0.1) is 23.0 Å². The van der Waals surface area contributed by atoms with E-state index < -0.39 is 29.0 Å². The van der Waals surface area contributed by atoms with Gasteiger partial charge in [-0.1, -0.05) is 42.5 Å². The third kappa shape index (κ3) is 5.40. The molecule has 0 radical (unpaired) electrons. The minimum Gasteiger partial charge on any atom is -0.350 e. The Bertz CT molecular complexity index is 1110. The summed E-state index contributed by atoms with van der Waals surface area (Å²) in [6.07, 6.45) is 0.0720. The third-order valence-corrected chi connectivity index (χ3v) is 4.94. The van der Waals surface area contributed by atoms with E-state index in [1.54, 1.807) is 12.1 Å². The zero-order valence-electron chi connectivity index (χ0n) is 16.9. The van der Waals surface area contributed by atoms with E-state index >= 15 is 0 Å². The minimum atomic E-state index is -0.896. The smallest absolute Gasteiger partial charge is 0.217 e. The summed E-state index contributed by atoms with van der Waals surface area (Å²) >= 11 is 0. The van der Waals surface area contributed by atoms with Crippen molar-refractivity contribution in [2.45, 2.75) is 25.8 Å². The van der Waals surface area contributed by atoms with Gasteiger partial charge in [0, 0.05) is 13.3 Å². The fraction of sp³-hybridized carbons (Fsp3) is 0.160. The number of nitrogens with one attached hydrogen (secondary N) is 1. The Morgan fingerprint density at radius 2 is 1.48 bits per heavy atom. The molecule has 0 bridgehead atoms. The topological polar surface area (TPSA) is 70.0 Å². The Balaban J connectivity index is 1.76. The highest BCUT2D eigenvalue weighted by Crippen LogP contribution is 2.26. The molecule has 3 rings (SSSR count). The predicted octanol–water partition coefficient (Wildman–Crippen LogP) is 5.34. The lowest BCUT2D eigenvalue weighted by Gasteiger charge is -2.19. The van der Waals surface area contributed by atoms with Crippen molar-refractivity contribution >= 4 is 11.7 Å². The molecule has 4 nitrogen and oxygen atoms in total. The lowest BCUT2D eigenvalue weighted by atomic mass is 9.95. The minimum absolute atomic E-state index is 0.125. The van der Waals surface area contributed by atoms with Crippen LogP contribution in [0.4, 0.5) is 8.78 Å².